The van der Waals surface area contributed by atoms with E-state index in [9.17, 15) is 10.2 Å². The summed E-state index contributed by atoms with van der Waals surface area (Å²) in [6.45, 7) is 5.62. The Kier molecular flexibility index (Phi) is 5.22. The smallest absolute Gasteiger partial charge is 0.0683 e. The molecule has 2 aliphatic rings. The highest BCUT2D eigenvalue weighted by molar-refractivity contribution is 4.84. The number of aliphatic hydroxyl groups excluding tert-OH is 2. The van der Waals surface area contributed by atoms with Gasteiger partial charge in [-0.15, -0.1) is 0 Å². The lowest BCUT2D eigenvalue weighted by molar-refractivity contribution is 0.144. The maximum atomic E-state index is 9.59. The third kappa shape index (κ3) is 3.91. The third-order valence-electron chi connectivity index (χ3n) is 4.08. The molecule has 0 radical (unpaired) electrons. The van der Waals surface area contributed by atoms with Crippen LogP contribution in [-0.4, -0.2) is 71.5 Å². The summed E-state index contributed by atoms with van der Waals surface area (Å²) in [5, 5.41) is 18.8. The largest absolute Gasteiger partial charge is 0.395 e. The van der Waals surface area contributed by atoms with E-state index in [1.54, 1.807) is 0 Å². The second-order valence-corrected chi connectivity index (χ2v) is 5.48. The SMILES string of the molecule is OC[C@H]1C[C@@H](O)CN1CCCN1CCCCC1. The van der Waals surface area contributed by atoms with Crippen LogP contribution < -0.4 is 0 Å². The summed E-state index contributed by atoms with van der Waals surface area (Å²) >= 11 is 0. The van der Waals surface area contributed by atoms with E-state index in [1.807, 2.05) is 0 Å². The molecule has 2 atom stereocenters. The zero-order chi connectivity index (χ0) is 12.1. The van der Waals surface area contributed by atoms with Crippen LogP contribution in [-0.2, 0) is 0 Å². The minimum absolute atomic E-state index is 0.181. The number of likely N-dealkylation sites (tertiary alicyclic amines) is 2. The lowest BCUT2D eigenvalue weighted by Gasteiger charge is -2.28. The molecule has 17 heavy (non-hydrogen) atoms. The van der Waals surface area contributed by atoms with Crippen molar-refractivity contribution in [1.29, 1.82) is 0 Å². The quantitative estimate of drug-likeness (QED) is 0.727. The molecule has 0 unspecified atom stereocenters. The second-order valence-electron chi connectivity index (χ2n) is 5.48. The third-order valence-corrected chi connectivity index (χ3v) is 4.08. The number of nitrogens with zero attached hydrogens (tertiary/aromatic N) is 2. The molecule has 2 heterocycles. The van der Waals surface area contributed by atoms with Crippen molar-refractivity contribution in [3.8, 4) is 0 Å². The number of rotatable bonds is 5. The number of hydrogen-bond donors (Lipinski definition) is 2. The molecule has 0 bridgehead atoms. The molecule has 2 rings (SSSR count). The maximum absolute atomic E-state index is 9.59. The summed E-state index contributed by atoms with van der Waals surface area (Å²) in [4.78, 5) is 4.79. The lowest BCUT2D eigenvalue weighted by Crippen LogP contribution is -2.36. The first-order valence-electron chi connectivity index (χ1n) is 7.05. The molecule has 2 saturated heterocycles. The van der Waals surface area contributed by atoms with E-state index < -0.39 is 0 Å². The van der Waals surface area contributed by atoms with Crippen molar-refractivity contribution in [2.24, 2.45) is 0 Å². The Morgan fingerprint density at radius 1 is 1.06 bits per heavy atom. The van der Waals surface area contributed by atoms with Gasteiger partial charge in [-0.3, -0.25) is 4.90 Å². The van der Waals surface area contributed by atoms with E-state index >= 15 is 0 Å². The summed E-state index contributed by atoms with van der Waals surface area (Å²) in [7, 11) is 0. The average molecular weight is 242 g/mol. The second kappa shape index (κ2) is 6.69. The van der Waals surface area contributed by atoms with E-state index in [0.29, 0.717) is 0 Å². The van der Waals surface area contributed by atoms with Crippen molar-refractivity contribution in [2.75, 3.05) is 39.3 Å². The molecule has 0 aromatic rings. The molecule has 0 spiro atoms. The summed E-state index contributed by atoms with van der Waals surface area (Å²) < 4.78 is 0. The van der Waals surface area contributed by atoms with E-state index in [0.717, 1.165) is 25.9 Å². The minimum atomic E-state index is -0.234. The van der Waals surface area contributed by atoms with Crippen LogP contribution in [0.4, 0.5) is 0 Å². The number of aliphatic hydroxyl groups is 2. The average Bonchev–Trinajstić information content (AvgIpc) is 2.71. The summed E-state index contributed by atoms with van der Waals surface area (Å²) in [6.07, 6.45) is 5.75. The van der Waals surface area contributed by atoms with Gasteiger partial charge in [-0.2, -0.15) is 0 Å². The highest BCUT2D eigenvalue weighted by Crippen LogP contribution is 2.18. The van der Waals surface area contributed by atoms with Crippen LogP contribution in [0.3, 0.4) is 0 Å². The first-order chi connectivity index (χ1) is 8.29. The Morgan fingerprint density at radius 3 is 2.53 bits per heavy atom. The van der Waals surface area contributed by atoms with Gasteiger partial charge in [-0.05, 0) is 51.9 Å². The molecule has 4 nitrogen and oxygen atoms in total. The van der Waals surface area contributed by atoms with Gasteiger partial charge in [0.15, 0.2) is 0 Å². The van der Waals surface area contributed by atoms with Crippen LogP contribution in [0.5, 0.6) is 0 Å². The van der Waals surface area contributed by atoms with Gasteiger partial charge in [0.05, 0.1) is 12.7 Å². The summed E-state index contributed by atoms with van der Waals surface area (Å²) in [5.41, 5.74) is 0. The van der Waals surface area contributed by atoms with Gasteiger partial charge in [0.2, 0.25) is 0 Å². The fourth-order valence-corrected chi connectivity index (χ4v) is 3.10. The maximum Gasteiger partial charge on any atom is 0.0683 e. The predicted molar refractivity (Wildman–Crippen MR) is 68.0 cm³/mol. The van der Waals surface area contributed by atoms with E-state index in [4.69, 9.17) is 0 Å². The Bertz CT molecular complexity index is 219. The Hall–Kier alpha value is -0.160. The summed E-state index contributed by atoms with van der Waals surface area (Å²) in [6, 6.07) is 0.186. The van der Waals surface area contributed by atoms with Crippen LogP contribution in [0.2, 0.25) is 0 Å². The molecule has 0 aromatic carbocycles. The number of β-amino-alcohol motifs (C(OH)–C–C–N with tert-alkyl or cyclic N) is 1. The normalized spacial score (nSPS) is 32.1. The fraction of sp³-hybridized carbons (Fsp3) is 1.00. The molecule has 2 N–H and O–H groups in total. The molecule has 4 heteroatoms. The van der Waals surface area contributed by atoms with Crippen LogP contribution in [0.25, 0.3) is 0 Å². The van der Waals surface area contributed by atoms with Crippen molar-refractivity contribution >= 4 is 0 Å². The first-order valence-corrected chi connectivity index (χ1v) is 7.05. The molecule has 0 aliphatic carbocycles. The number of hydrogen-bond acceptors (Lipinski definition) is 4. The van der Waals surface area contributed by atoms with E-state index in [-0.39, 0.29) is 18.8 Å². The van der Waals surface area contributed by atoms with Gasteiger partial charge in [0.1, 0.15) is 0 Å². The monoisotopic (exact) mass is 242 g/mol. The molecule has 0 aromatic heterocycles. The minimum Gasteiger partial charge on any atom is -0.395 e. The van der Waals surface area contributed by atoms with E-state index in [2.05, 4.69) is 9.80 Å². The fourth-order valence-electron chi connectivity index (χ4n) is 3.10. The van der Waals surface area contributed by atoms with Crippen molar-refractivity contribution < 1.29 is 10.2 Å². The van der Waals surface area contributed by atoms with E-state index in [1.165, 1.54) is 38.9 Å². The van der Waals surface area contributed by atoms with Crippen LogP contribution in [0.15, 0.2) is 0 Å². The molecule has 2 aliphatic heterocycles. The molecule has 0 saturated carbocycles. The van der Waals surface area contributed by atoms with Crippen molar-refractivity contribution in [3.63, 3.8) is 0 Å². The lowest BCUT2D eigenvalue weighted by atomic mass is 10.1. The zero-order valence-corrected chi connectivity index (χ0v) is 10.7. The Labute approximate surface area is 104 Å². The Morgan fingerprint density at radius 2 is 1.82 bits per heavy atom. The molecule has 100 valence electrons. The first kappa shape index (κ1) is 13.3. The van der Waals surface area contributed by atoms with Crippen LogP contribution >= 0.6 is 0 Å². The molecular weight excluding hydrogens is 216 g/mol. The van der Waals surface area contributed by atoms with Crippen LogP contribution in [0.1, 0.15) is 32.1 Å². The highest BCUT2D eigenvalue weighted by atomic mass is 16.3. The molecule has 2 fully saturated rings. The molecule has 0 amide bonds. The van der Waals surface area contributed by atoms with Gasteiger partial charge >= 0.3 is 0 Å². The standard InChI is InChI=1S/C13H26N2O2/c16-11-12-9-13(17)10-15(12)8-4-7-14-5-2-1-3-6-14/h12-13,16-17H,1-11H2/t12-,13-/m1/s1. The van der Waals surface area contributed by atoms with Gasteiger partial charge in [0.25, 0.3) is 0 Å². The Balaban J connectivity index is 1.63. The zero-order valence-electron chi connectivity index (χ0n) is 10.7. The topological polar surface area (TPSA) is 46.9 Å². The van der Waals surface area contributed by atoms with Crippen molar-refractivity contribution in [3.05, 3.63) is 0 Å². The van der Waals surface area contributed by atoms with Crippen LogP contribution in [0, 0.1) is 0 Å². The van der Waals surface area contributed by atoms with Gasteiger partial charge in [-0.1, -0.05) is 6.42 Å². The molecular formula is C13H26N2O2. The van der Waals surface area contributed by atoms with Gasteiger partial charge in [-0.25, -0.2) is 0 Å². The van der Waals surface area contributed by atoms with Gasteiger partial charge < -0.3 is 15.1 Å². The predicted octanol–water partition coefficient (Wildman–Crippen LogP) is 0.290. The van der Waals surface area contributed by atoms with Crippen molar-refractivity contribution in [1.82, 2.24) is 9.80 Å². The van der Waals surface area contributed by atoms with Crippen molar-refractivity contribution in [2.45, 2.75) is 44.2 Å². The number of piperidine rings is 1. The van der Waals surface area contributed by atoms with Gasteiger partial charge in [0, 0.05) is 12.6 Å². The highest BCUT2D eigenvalue weighted by Gasteiger charge is 2.29. The summed E-state index contributed by atoms with van der Waals surface area (Å²) in [5.74, 6) is 0.